The van der Waals surface area contributed by atoms with E-state index in [0.717, 1.165) is 17.3 Å². The van der Waals surface area contributed by atoms with Gasteiger partial charge in [0.15, 0.2) is 0 Å². The van der Waals surface area contributed by atoms with Crippen LogP contribution in [0.1, 0.15) is 12.8 Å². The number of nitrogens with one attached hydrogen (secondary N) is 2. The highest BCUT2D eigenvalue weighted by molar-refractivity contribution is 9.10. The molecule has 1 aliphatic heterocycles. The van der Waals surface area contributed by atoms with Gasteiger partial charge in [-0.3, -0.25) is 4.79 Å². The van der Waals surface area contributed by atoms with Crippen LogP contribution in [0, 0.1) is 0 Å². The molecule has 1 aromatic rings. The lowest BCUT2D eigenvalue weighted by molar-refractivity contribution is -0.124. The molecule has 21 heavy (non-hydrogen) atoms. The van der Waals surface area contributed by atoms with Gasteiger partial charge in [0.2, 0.25) is 11.9 Å². The Morgan fingerprint density at radius 1 is 1.52 bits per heavy atom. The van der Waals surface area contributed by atoms with Crippen molar-refractivity contribution in [2.75, 3.05) is 37.0 Å². The highest BCUT2D eigenvalue weighted by atomic mass is 79.9. The van der Waals surface area contributed by atoms with Gasteiger partial charge in [-0.15, -0.1) is 0 Å². The zero-order valence-corrected chi connectivity index (χ0v) is 13.4. The van der Waals surface area contributed by atoms with Gasteiger partial charge in [0.25, 0.3) is 0 Å². The third kappa shape index (κ3) is 3.26. The van der Waals surface area contributed by atoms with E-state index in [1.807, 2.05) is 4.90 Å². The Bertz CT molecular complexity index is 537. The van der Waals surface area contributed by atoms with Crippen molar-refractivity contribution in [3.63, 3.8) is 0 Å². The summed E-state index contributed by atoms with van der Waals surface area (Å²) in [6.45, 7) is 1.59. The molecule has 2 fully saturated rings. The molecule has 1 amide bonds. The highest BCUT2D eigenvalue weighted by Crippen LogP contribution is 2.28. The van der Waals surface area contributed by atoms with E-state index in [4.69, 9.17) is 4.74 Å². The number of amides is 1. The Hall–Kier alpha value is -1.41. The molecule has 0 bridgehead atoms. The van der Waals surface area contributed by atoms with Gasteiger partial charge in [-0.1, -0.05) is 0 Å². The second-order valence-electron chi connectivity index (χ2n) is 5.18. The standard InChI is InChI=1S/C13H18BrN5O2/c1-15-13-16-6-9(14)11(18-13)19-4-5-21-7-10(19)12(20)17-8-2-3-8/h6,8,10H,2-5,7H2,1H3,(H,17,20)(H,15,16,18). The SMILES string of the molecule is CNc1ncc(Br)c(N2CCOCC2C(=O)NC2CC2)n1. The number of morpholine rings is 1. The highest BCUT2D eigenvalue weighted by Gasteiger charge is 2.34. The molecule has 8 heteroatoms. The van der Waals surface area contributed by atoms with E-state index in [1.54, 1.807) is 13.2 Å². The van der Waals surface area contributed by atoms with Gasteiger partial charge >= 0.3 is 0 Å². The molecule has 0 spiro atoms. The maximum atomic E-state index is 12.4. The number of rotatable bonds is 4. The van der Waals surface area contributed by atoms with Gasteiger partial charge in [0.05, 0.1) is 17.7 Å². The largest absolute Gasteiger partial charge is 0.377 e. The van der Waals surface area contributed by atoms with Crippen LogP contribution in [0.5, 0.6) is 0 Å². The molecule has 3 rings (SSSR count). The summed E-state index contributed by atoms with van der Waals surface area (Å²) in [6, 6.07) is -0.0155. The van der Waals surface area contributed by atoms with E-state index in [0.29, 0.717) is 37.6 Å². The molecule has 1 aliphatic carbocycles. The van der Waals surface area contributed by atoms with Crippen LogP contribution in [-0.4, -0.2) is 54.8 Å². The topological polar surface area (TPSA) is 79.4 Å². The van der Waals surface area contributed by atoms with Gasteiger partial charge in [0.1, 0.15) is 11.9 Å². The Morgan fingerprint density at radius 2 is 2.33 bits per heavy atom. The molecule has 2 aliphatic rings. The fourth-order valence-electron chi connectivity index (χ4n) is 2.28. The van der Waals surface area contributed by atoms with E-state index in [9.17, 15) is 4.79 Å². The first-order valence-corrected chi connectivity index (χ1v) is 7.83. The van der Waals surface area contributed by atoms with Gasteiger partial charge in [-0.05, 0) is 28.8 Å². The number of aromatic nitrogens is 2. The Balaban J connectivity index is 1.84. The average Bonchev–Trinajstić information content (AvgIpc) is 3.32. The molecule has 0 radical (unpaired) electrons. The Kier molecular flexibility index (Phi) is 4.25. The van der Waals surface area contributed by atoms with Gasteiger partial charge < -0.3 is 20.3 Å². The van der Waals surface area contributed by atoms with E-state index in [1.165, 1.54) is 0 Å². The van der Waals surface area contributed by atoms with Crippen LogP contribution in [0.3, 0.4) is 0 Å². The van der Waals surface area contributed by atoms with Crippen molar-refractivity contribution >= 4 is 33.6 Å². The third-order valence-corrected chi connectivity index (χ3v) is 4.14. The molecule has 1 saturated heterocycles. The third-order valence-electron chi connectivity index (χ3n) is 3.58. The first kappa shape index (κ1) is 14.5. The first-order chi connectivity index (χ1) is 10.2. The van der Waals surface area contributed by atoms with Crippen molar-refractivity contribution in [1.82, 2.24) is 15.3 Å². The number of hydrogen-bond donors (Lipinski definition) is 2. The van der Waals surface area contributed by atoms with Crippen molar-refractivity contribution in [3.05, 3.63) is 10.7 Å². The molecule has 2 heterocycles. The van der Waals surface area contributed by atoms with Crippen molar-refractivity contribution in [2.24, 2.45) is 0 Å². The molecule has 1 aromatic heterocycles. The number of hydrogen-bond acceptors (Lipinski definition) is 6. The number of ether oxygens (including phenoxy) is 1. The molecular formula is C13H18BrN5O2. The summed E-state index contributed by atoms with van der Waals surface area (Å²) in [5.41, 5.74) is 0. The van der Waals surface area contributed by atoms with E-state index in [-0.39, 0.29) is 11.9 Å². The van der Waals surface area contributed by atoms with Crippen LogP contribution in [0.2, 0.25) is 0 Å². The van der Waals surface area contributed by atoms with E-state index < -0.39 is 0 Å². The minimum absolute atomic E-state index is 0.00807. The number of anilines is 2. The summed E-state index contributed by atoms with van der Waals surface area (Å²) in [6.07, 6.45) is 3.83. The van der Waals surface area contributed by atoms with Crippen LogP contribution >= 0.6 is 15.9 Å². The number of carbonyl (C=O) groups is 1. The summed E-state index contributed by atoms with van der Waals surface area (Å²) in [5, 5.41) is 5.95. The minimum Gasteiger partial charge on any atom is -0.377 e. The van der Waals surface area contributed by atoms with Crippen molar-refractivity contribution < 1.29 is 9.53 Å². The van der Waals surface area contributed by atoms with Gasteiger partial charge in [0, 0.05) is 25.8 Å². The second kappa shape index (κ2) is 6.15. The summed E-state index contributed by atoms with van der Waals surface area (Å²) >= 11 is 3.47. The van der Waals surface area contributed by atoms with Crippen LogP contribution in [-0.2, 0) is 9.53 Å². The summed E-state index contributed by atoms with van der Waals surface area (Å²) in [4.78, 5) is 23.0. The lowest BCUT2D eigenvalue weighted by Crippen LogP contribution is -2.54. The summed E-state index contributed by atoms with van der Waals surface area (Å²) in [5.74, 6) is 1.25. The summed E-state index contributed by atoms with van der Waals surface area (Å²) in [7, 11) is 1.77. The van der Waals surface area contributed by atoms with Crippen LogP contribution < -0.4 is 15.5 Å². The summed E-state index contributed by atoms with van der Waals surface area (Å²) < 4.78 is 6.25. The quantitative estimate of drug-likeness (QED) is 0.830. The van der Waals surface area contributed by atoms with Crippen LogP contribution in [0.4, 0.5) is 11.8 Å². The van der Waals surface area contributed by atoms with E-state index >= 15 is 0 Å². The monoisotopic (exact) mass is 355 g/mol. The lowest BCUT2D eigenvalue weighted by Gasteiger charge is -2.35. The molecule has 1 unspecified atom stereocenters. The van der Waals surface area contributed by atoms with Crippen molar-refractivity contribution in [3.8, 4) is 0 Å². The molecule has 1 saturated carbocycles. The van der Waals surface area contributed by atoms with Crippen LogP contribution in [0.25, 0.3) is 0 Å². The molecule has 114 valence electrons. The second-order valence-corrected chi connectivity index (χ2v) is 6.04. The predicted octanol–water partition coefficient (Wildman–Crippen LogP) is 0.765. The molecular weight excluding hydrogens is 338 g/mol. The normalized spacial score (nSPS) is 22.0. The minimum atomic E-state index is -0.352. The van der Waals surface area contributed by atoms with Crippen molar-refractivity contribution in [1.29, 1.82) is 0 Å². The van der Waals surface area contributed by atoms with Crippen molar-refractivity contribution in [2.45, 2.75) is 24.9 Å². The van der Waals surface area contributed by atoms with Gasteiger partial charge in [-0.25, -0.2) is 4.98 Å². The maximum absolute atomic E-state index is 12.4. The average molecular weight is 356 g/mol. The Morgan fingerprint density at radius 3 is 3.05 bits per heavy atom. The predicted molar refractivity (Wildman–Crippen MR) is 82.4 cm³/mol. The smallest absolute Gasteiger partial charge is 0.245 e. The first-order valence-electron chi connectivity index (χ1n) is 7.04. The van der Waals surface area contributed by atoms with Gasteiger partial charge in [-0.2, -0.15) is 4.98 Å². The van der Waals surface area contributed by atoms with Crippen LogP contribution in [0.15, 0.2) is 10.7 Å². The zero-order chi connectivity index (χ0) is 14.8. The van der Waals surface area contributed by atoms with E-state index in [2.05, 4.69) is 36.5 Å². The maximum Gasteiger partial charge on any atom is 0.245 e. The molecule has 2 N–H and O–H groups in total. The fourth-order valence-corrected chi connectivity index (χ4v) is 2.70. The molecule has 0 aromatic carbocycles. The number of halogens is 1. The number of nitrogens with zero attached hydrogens (tertiary/aromatic N) is 3. The number of carbonyl (C=O) groups excluding carboxylic acids is 1. The molecule has 1 atom stereocenters. The zero-order valence-electron chi connectivity index (χ0n) is 11.8. The fraction of sp³-hybridized carbons (Fsp3) is 0.615. The lowest BCUT2D eigenvalue weighted by atomic mass is 10.2. The molecule has 7 nitrogen and oxygen atoms in total. The Labute approximate surface area is 131 Å².